The van der Waals surface area contributed by atoms with Gasteiger partial charge in [-0.3, -0.25) is 0 Å². The molecule has 0 bridgehead atoms. The van der Waals surface area contributed by atoms with E-state index in [2.05, 4.69) is 18.5 Å². The first kappa shape index (κ1) is 13.9. The van der Waals surface area contributed by atoms with E-state index in [0.29, 0.717) is 16.5 Å². The van der Waals surface area contributed by atoms with Crippen LogP contribution in [0.1, 0.15) is 29.3 Å². The summed E-state index contributed by atoms with van der Waals surface area (Å²) in [6, 6.07) is 5.35. The molecule has 0 heterocycles. The molecule has 0 spiro atoms. The van der Waals surface area contributed by atoms with Gasteiger partial charge in [0.25, 0.3) is 0 Å². The summed E-state index contributed by atoms with van der Waals surface area (Å²) >= 11 is 1.82. The Hall–Kier alpha value is -1.16. The molecule has 3 nitrogen and oxygen atoms in total. The van der Waals surface area contributed by atoms with Gasteiger partial charge < -0.3 is 10.4 Å². The largest absolute Gasteiger partial charge is 0.478 e. The molecule has 1 rings (SSSR count). The fraction of sp³-hybridized carbons (Fsp3) is 0.462. The SMILES string of the molecule is CSC(C)CCNc1cc(C)ccc1C(=O)O. The zero-order valence-electron chi connectivity index (χ0n) is 10.5. The number of carbonyl (C=O) groups is 1. The Bertz CT molecular complexity index is 393. The smallest absolute Gasteiger partial charge is 0.337 e. The van der Waals surface area contributed by atoms with Crippen LogP contribution in [0.15, 0.2) is 18.2 Å². The molecule has 0 saturated carbocycles. The molecular formula is C13H19NO2S. The van der Waals surface area contributed by atoms with Gasteiger partial charge in [-0.25, -0.2) is 4.79 Å². The van der Waals surface area contributed by atoms with Gasteiger partial charge in [0.15, 0.2) is 0 Å². The summed E-state index contributed by atoms with van der Waals surface area (Å²) in [6.45, 7) is 4.92. The van der Waals surface area contributed by atoms with Crippen molar-refractivity contribution in [3.8, 4) is 0 Å². The maximum Gasteiger partial charge on any atom is 0.337 e. The molecule has 2 N–H and O–H groups in total. The van der Waals surface area contributed by atoms with Crippen LogP contribution in [0.4, 0.5) is 5.69 Å². The number of hydrogen-bond donors (Lipinski definition) is 2. The molecule has 1 aromatic rings. The number of hydrogen-bond acceptors (Lipinski definition) is 3. The van der Waals surface area contributed by atoms with Crippen molar-refractivity contribution in [3.63, 3.8) is 0 Å². The van der Waals surface area contributed by atoms with Crippen molar-refractivity contribution in [2.45, 2.75) is 25.5 Å². The average molecular weight is 253 g/mol. The minimum atomic E-state index is -0.884. The lowest BCUT2D eigenvalue weighted by Gasteiger charge is -2.12. The van der Waals surface area contributed by atoms with E-state index in [-0.39, 0.29) is 0 Å². The first-order valence-corrected chi connectivity index (χ1v) is 6.94. The van der Waals surface area contributed by atoms with E-state index in [0.717, 1.165) is 18.5 Å². The predicted molar refractivity (Wildman–Crippen MR) is 74.2 cm³/mol. The number of carboxylic acid groups (broad SMARTS) is 1. The Kier molecular flexibility index (Phi) is 5.35. The molecule has 0 aliphatic rings. The van der Waals surface area contributed by atoms with Gasteiger partial charge in [0.05, 0.1) is 5.56 Å². The van der Waals surface area contributed by atoms with Crippen LogP contribution in [0, 0.1) is 6.92 Å². The van der Waals surface area contributed by atoms with Crippen LogP contribution in [0.3, 0.4) is 0 Å². The van der Waals surface area contributed by atoms with Crippen molar-refractivity contribution in [3.05, 3.63) is 29.3 Å². The van der Waals surface area contributed by atoms with Crippen LogP contribution in [0.2, 0.25) is 0 Å². The average Bonchev–Trinajstić information content (AvgIpc) is 2.28. The lowest BCUT2D eigenvalue weighted by Crippen LogP contribution is -2.11. The zero-order valence-corrected chi connectivity index (χ0v) is 11.3. The molecule has 0 aliphatic heterocycles. The van der Waals surface area contributed by atoms with E-state index >= 15 is 0 Å². The lowest BCUT2D eigenvalue weighted by atomic mass is 10.1. The van der Waals surface area contributed by atoms with Gasteiger partial charge in [0.2, 0.25) is 0 Å². The number of rotatable bonds is 6. The molecule has 17 heavy (non-hydrogen) atoms. The summed E-state index contributed by atoms with van der Waals surface area (Å²) in [4.78, 5) is 11.0. The highest BCUT2D eigenvalue weighted by Gasteiger charge is 2.09. The Labute approximate surface area is 107 Å². The molecule has 0 aliphatic carbocycles. The lowest BCUT2D eigenvalue weighted by molar-refractivity contribution is 0.0698. The van der Waals surface area contributed by atoms with E-state index in [1.54, 1.807) is 6.07 Å². The van der Waals surface area contributed by atoms with Gasteiger partial charge in [-0.1, -0.05) is 13.0 Å². The second-order valence-corrected chi connectivity index (χ2v) is 5.39. The number of aryl methyl sites for hydroxylation is 1. The molecule has 94 valence electrons. The third-order valence-electron chi connectivity index (χ3n) is 2.67. The maximum atomic E-state index is 11.0. The standard InChI is InChI=1S/C13H19NO2S/c1-9-4-5-11(13(15)16)12(8-9)14-7-6-10(2)17-3/h4-5,8,10,14H,6-7H2,1-3H3,(H,15,16). The highest BCUT2D eigenvalue weighted by molar-refractivity contribution is 7.99. The number of nitrogens with one attached hydrogen (secondary N) is 1. The molecule has 0 fully saturated rings. The highest BCUT2D eigenvalue weighted by atomic mass is 32.2. The van der Waals surface area contributed by atoms with Crippen molar-refractivity contribution in [2.75, 3.05) is 18.1 Å². The molecule has 1 unspecified atom stereocenters. The van der Waals surface area contributed by atoms with Crippen LogP contribution >= 0.6 is 11.8 Å². The van der Waals surface area contributed by atoms with Crippen LogP contribution in [0.5, 0.6) is 0 Å². The van der Waals surface area contributed by atoms with Crippen LogP contribution < -0.4 is 5.32 Å². The summed E-state index contributed by atoms with van der Waals surface area (Å²) in [5.41, 5.74) is 2.12. The Morgan fingerprint density at radius 2 is 2.24 bits per heavy atom. The maximum absolute atomic E-state index is 11.0. The summed E-state index contributed by atoms with van der Waals surface area (Å²) in [5.74, 6) is -0.884. The minimum absolute atomic E-state index is 0.340. The number of aromatic carboxylic acids is 1. The summed E-state index contributed by atoms with van der Waals surface area (Å²) in [7, 11) is 0. The number of thioether (sulfide) groups is 1. The highest BCUT2D eigenvalue weighted by Crippen LogP contribution is 2.18. The van der Waals surface area contributed by atoms with E-state index in [1.165, 1.54) is 0 Å². The van der Waals surface area contributed by atoms with E-state index in [4.69, 9.17) is 5.11 Å². The third kappa shape index (κ3) is 4.30. The molecule has 0 amide bonds. The first-order valence-electron chi connectivity index (χ1n) is 5.65. The quantitative estimate of drug-likeness (QED) is 0.817. The topological polar surface area (TPSA) is 49.3 Å². The monoisotopic (exact) mass is 253 g/mol. The van der Waals surface area contributed by atoms with Crippen molar-refractivity contribution in [1.82, 2.24) is 0 Å². The molecular weight excluding hydrogens is 234 g/mol. The van der Waals surface area contributed by atoms with Gasteiger partial charge >= 0.3 is 5.97 Å². The molecule has 4 heteroatoms. The molecule has 1 aromatic carbocycles. The van der Waals surface area contributed by atoms with E-state index in [9.17, 15) is 4.79 Å². The van der Waals surface area contributed by atoms with E-state index in [1.807, 2.05) is 30.8 Å². The summed E-state index contributed by atoms with van der Waals surface area (Å²) in [6.07, 6.45) is 3.11. The van der Waals surface area contributed by atoms with Gasteiger partial charge in [-0.05, 0) is 37.3 Å². The van der Waals surface area contributed by atoms with Crippen molar-refractivity contribution < 1.29 is 9.90 Å². The third-order valence-corrected chi connectivity index (χ3v) is 3.71. The minimum Gasteiger partial charge on any atom is -0.478 e. The molecule has 0 saturated heterocycles. The Morgan fingerprint density at radius 1 is 1.53 bits per heavy atom. The second kappa shape index (κ2) is 6.55. The molecule has 1 atom stereocenters. The van der Waals surface area contributed by atoms with Crippen molar-refractivity contribution in [1.29, 1.82) is 0 Å². The number of anilines is 1. The number of benzene rings is 1. The van der Waals surface area contributed by atoms with Crippen LogP contribution in [-0.2, 0) is 0 Å². The second-order valence-electron chi connectivity index (χ2n) is 4.12. The fourth-order valence-corrected chi connectivity index (χ4v) is 1.87. The van der Waals surface area contributed by atoms with Gasteiger partial charge in [0, 0.05) is 17.5 Å². The zero-order chi connectivity index (χ0) is 12.8. The van der Waals surface area contributed by atoms with Gasteiger partial charge in [-0.15, -0.1) is 0 Å². The fourth-order valence-electron chi connectivity index (χ4n) is 1.52. The Balaban J connectivity index is 2.68. The predicted octanol–water partition coefficient (Wildman–Crippen LogP) is 3.25. The van der Waals surface area contributed by atoms with Crippen molar-refractivity contribution >= 4 is 23.4 Å². The number of carboxylic acids is 1. The van der Waals surface area contributed by atoms with Gasteiger partial charge in [0.1, 0.15) is 0 Å². The van der Waals surface area contributed by atoms with Crippen LogP contribution in [0.25, 0.3) is 0 Å². The summed E-state index contributed by atoms with van der Waals surface area (Å²) < 4.78 is 0. The van der Waals surface area contributed by atoms with Crippen molar-refractivity contribution in [2.24, 2.45) is 0 Å². The summed E-state index contributed by atoms with van der Waals surface area (Å²) in [5, 5.41) is 12.9. The van der Waals surface area contributed by atoms with Crippen LogP contribution in [-0.4, -0.2) is 29.1 Å². The molecule has 0 aromatic heterocycles. The van der Waals surface area contributed by atoms with E-state index < -0.39 is 5.97 Å². The normalized spacial score (nSPS) is 12.2. The van der Waals surface area contributed by atoms with Gasteiger partial charge in [-0.2, -0.15) is 11.8 Å². The molecule has 0 radical (unpaired) electrons. The Morgan fingerprint density at radius 3 is 2.82 bits per heavy atom. The first-order chi connectivity index (χ1) is 8.04.